The zero-order valence-electron chi connectivity index (χ0n) is 21.4. The molecule has 0 aromatic heterocycles. The molecule has 6 nitrogen and oxygen atoms in total. The predicted molar refractivity (Wildman–Crippen MR) is 159 cm³/mol. The van der Waals surface area contributed by atoms with Crippen molar-refractivity contribution in [2.45, 2.75) is 18.7 Å². The van der Waals surface area contributed by atoms with E-state index >= 15 is 0 Å². The number of carbonyl (C=O) groups is 1. The second-order valence-corrected chi connectivity index (χ2v) is 11.6. The van der Waals surface area contributed by atoms with E-state index in [1.165, 1.54) is 12.1 Å². The van der Waals surface area contributed by atoms with Crippen LogP contribution < -0.4 is 9.73 Å². The van der Waals surface area contributed by atoms with E-state index in [1.54, 1.807) is 43.5 Å². The van der Waals surface area contributed by atoms with Crippen LogP contribution in [0.5, 0.6) is 0 Å². The monoisotopic (exact) mass is 555 g/mol. The van der Waals surface area contributed by atoms with Crippen molar-refractivity contribution in [3.05, 3.63) is 119 Å². The number of benzene rings is 5. The fraction of sp³-hybridized carbons (Fsp3) is 0.0968. The molecule has 39 heavy (non-hydrogen) atoms. The second-order valence-electron chi connectivity index (χ2n) is 9.28. The van der Waals surface area contributed by atoms with Crippen LogP contribution in [0.4, 0.5) is 5.69 Å². The Morgan fingerprint density at radius 2 is 1.49 bits per heavy atom. The fourth-order valence-corrected chi connectivity index (χ4v) is 6.15. The van der Waals surface area contributed by atoms with Gasteiger partial charge in [0, 0.05) is 10.6 Å². The molecule has 0 aliphatic heterocycles. The lowest BCUT2D eigenvalue weighted by Gasteiger charge is -2.25. The van der Waals surface area contributed by atoms with Gasteiger partial charge in [0.15, 0.2) is 0 Å². The molecule has 0 aliphatic carbocycles. The molecule has 8 heteroatoms. The summed E-state index contributed by atoms with van der Waals surface area (Å²) in [6.07, 6.45) is 1.60. The summed E-state index contributed by atoms with van der Waals surface area (Å²) in [6.45, 7) is 3.16. The minimum Gasteiger partial charge on any atom is -0.271 e. The average molecular weight is 556 g/mol. The van der Waals surface area contributed by atoms with Gasteiger partial charge in [0.05, 0.1) is 16.8 Å². The van der Waals surface area contributed by atoms with Gasteiger partial charge in [-0.2, -0.15) is 5.10 Å². The number of hydrazone groups is 1. The van der Waals surface area contributed by atoms with Crippen LogP contribution in [0.3, 0.4) is 0 Å². The van der Waals surface area contributed by atoms with Crippen LogP contribution in [-0.2, 0) is 14.8 Å². The van der Waals surface area contributed by atoms with Crippen LogP contribution in [0.15, 0.2) is 107 Å². The number of nitrogens with one attached hydrogen (secondary N) is 1. The van der Waals surface area contributed by atoms with Crippen LogP contribution in [0, 0.1) is 13.8 Å². The molecule has 0 heterocycles. The molecule has 0 unspecified atom stereocenters. The molecule has 1 N–H and O–H groups in total. The Morgan fingerprint density at radius 3 is 2.13 bits per heavy atom. The first kappa shape index (κ1) is 26.4. The lowest BCUT2D eigenvalue weighted by Crippen LogP contribution is -2.40. The number of sulfonamides is 1. The normalized spacial score (nSPS) is 11.8. The third-order valence-electron chi connectivity index (χ3n) is 6.53. The first-order chi connectivity index (χ1) is 18.7. The van der Waals surface area contributed by atoms with E-state index in [0.29, 0.717) is 16.3 Å². The van der Waals surface area contributed by atoms with Gasteiger partial charge in [-0.15, -0.1) is 0 Å². The van der Waals surface area contributed by atoms with Gasteiger partial charge in [0.25, 0.3) is 15.9 Å². The molecule has 5 aromatic carbocycles. The van der Waals surface area contributed by atoms with Crippen molar-refractivity contribution in [1.29, 1.82) is 0 Å². The number of aryl methyl sites for hydroxylation is 2. The third kappa shape index (κ3) is 5.50. The number of carbonyl (C=O) groups excluding carboxylic acids is 1. The van der Waals surface area contributed by atoms with Gasteiger partial charge in [-0.25, -0.2) is 13.8 Å². The van der Waals surface area contributed by atoms with Crippen LogP contribution in [0.2, 0.25) is 5.02 Å². The molecule has 196 valence electrons. The van der Waals surface area contributed by atoms with Crippen molar-refractivity contribution in [3.8, 4) is 0 Å². The molecule has 5 aromatic rings. The van der Waals surface area contributed by atoms with Gasteiger partial charge in [0.1, 0.15) is 6.54 Å². The standard InChI is InChI=1S/C31H26ClN3O3S/c1-21-11-15-26(16-12-21)39(37,38)35(30-18-25(32)14-13-22(30)2)20-31(36)34-33-19-29-27-9-5-3-7-23(27)17-24-8-4-6-10-28(24)29/h3-19H,20H2,1-2H3,(H,34,36). The maximum atomic E-state index is 13.7. The lowest BCUT2D eigenvalue weighted by atomic mass is 9.97. The highest BCUT2D eigenvalue weighted by Gasteiger charge is 2.28. The molecule has 0 atom stereocenters. The van der Waals surface area contributed by atoms with Crippen LogP contribution >= 0.6 is 11.6 Å². The molecule has 0 aliphatic rings. The Hall–Kier alpha value is -4.20. The molecule has 0 saturated carbocycles. The van der Waals surface area contributed by atoms with Crippen molar-refractivity contribution >= 4 is 61.0 Å². The second kappa shape index (κ2) is 10.9. The average Bonchev–Trinajstić information content (AvgIpc) is 2.93. The van der Waals surface area contributed by atoms with Crippen LogP contribution in [-0.4, -0.2) is 27.1 Å². The first-order valence-corrected chi connectivity index (χ1v) is 14.1. The summed E-state index contributed by atoms with van der Waals surface area (Å²) < 4.78 is 28.5. The number of anilines is 1. The van der Waals surface area contributed by atoms with Crippen molar-refractivity contribution in [2.75, 3.05) is 10.8 Å². The summed E-state index contributed by atoms with van der Waals surface area (Å²) in [5, 5.41) is 8.67. The van der Waals surface area contributed by atoms with Gasteiger partial charge < -0.3 is 0 Å². The van der Waals surface area contributed by atoms with Crippen molar-refractivity contribution in [3.63, 3.8) is 0 Å². The number of hydrogen-bond donors (Lipinski definition) is 1. The number of nitrogens with zero attached hydrogens (tertiary/aromatic N) is 2. The fourth-order valence-electron chi connectivity index (χ4n) is 4.51. The van der Waals surface area contributed by atoms with Gasteiger partial charge in [-0.05, 0) is 71.3 Å². The lowest BCUT2D eigenvalue weighted by molar-refractivity contribution is -0.119. The highest BCUT2D eigenvalue weighted by Crippen LogP contribution is 2.30. The molecular formula is C31H26ClN3O3S. The third-order valence-corrected chi connectivity index (χ3v) is 8.54. The van der Waals surface area contributed by atoms with Gasteiger partial charge in [-0.3, -0.25) is 9.10 Å². The maximum absolute atomic E-state index is 13.7. The molecule has 0 bridgehead atoms. The highest BCUT2D eigenvalue weighted by molar-refractivity contribution is 7.92. The summed E-state index contributed by atoms with van der Waals surface area (Å²) in [7, 11) is -4.08. The Bertz CT molecular complexity index is 1780. The van der Waals surface area contributed by atoms with Gasteiger partial charge >= 0.3 is 0 Å². The Balaban J connectivity index is 1.47. The summed E-state index contributed by atoms with van der Waals surface area (Å²) in [6, 6.07) is 29.4. The Kier molecular flexibility index (Phi) is 7.37. The van der Waals surface area contributed by atoms with Gasteiger partial charge in [0.2, 0.25) is 0 Å². The maximum Gasteiger partial charge on any atom is 0.264 e. The number of halogens is 1. The molecule has 1 amide bonds. The number of amides is 1. The minimum atomic E-state index is -4.08. The summed E-state index contributed by atoms with van der Waals surface area (Å²) in [5.74, 6) is -0.592. The zero-order valence-corrected chi connectivity index (χ0v) is 23.0. The predicted octanol–water partition coefficient (Wildman–Crippen LogP) is 6.61. The first-order valence-electron chi connectivity index (χ1n) is 12.3. The number of hydrogen-bond acceptors (Lipinski definition) is 4. The molecule has 5 rings (SSSR count). The van der Waals surface area contributed by atoms with E-state index in [9.17, 15) is 13.2 Å². The van der Waals surface area contributed by atoms with Crippen molar-refractivity contribution < 1.29 is 13.2 Å². The van der Waals surface area contributed by atoms with Crippen molar-refractivity contribution in [1.82, 2.24) is 5.43 Å². The molecular weight excluding hydrogens is 530 g/mol. The van der Waals surface area contributed by atoms with Crippen LogP contribution in [0.25, 0.3) is 21.5 Å². The number of rotatable bonds is 7. The minimum absolute atomic E-state index is 0.0750. The van der Waals surface area contributed by atoms with E-state index in [4.69, 9.17) is 11.6 Å². The number of fused-ring (bicyclic) bond motifs is 2. The molecule has 0 radical (unpaired) electrons. The largest absolute Gasteiger partial charge is 0.271 e. The highest BCUT2D eigenvalue weighted by atomic mass is 35.5. The van der Waals surface area contributed by atoms with Gasteiger partial charge in [-0.1, -0.05) is 83.9 Å². The summed E-state index contributed by atoms with van der Waals surface area (Å²) in [4.78, 5) is 13.2. The van der Waals surface area contributed by atoms with E-state index in [-0.39, 0.29) is 4.90 Å². The Morgan fingerprint density at radius 1 is 0.872 bits per heavy atom. The topological polar surface area (TPSA) is 78.8 Å². The Labute approximate surface area is 232 Å². The van der Waals surface area contributed by atoms with E-state index in [0.717, 1.165) is 37.0 Å². The van der Waals surface area contributed by atoms with E-state index in [1.807, 2.05) is 55.5 Å². The smallest absolute Gasteiger partial charge is 0.264 e. The SMILES string of the molecule is Cc1ccc(S(=O)(=O)N(CC(=O)NN=Cc2c3ccccc3cc3ccccc23)c2cc(Cl)ccc2C)cc1. The van der Waals surface area contributed by atoms with Crippen LogP contribution in [0.1, 0.15) is 16.7 Å². The molecule has 0 saturated heterocycles. The zero-order chi connectivity index (χ0) is 27.6. The molecule has 0 spiro atoms. The van der Waals surface area contributed by atoms with Crippen molar-refractivity contribution in [2.24, 2.45) is 5.10 Å². The van der Waals surface area contributed by atoms with E-state index in [2.05, 4.69) is 16.6 Å². The molecule has 0 fully saturated rings. The van der Waals surface area contributed by atoms with E-state index < -0.39 is 22.5 Å². The summed E-state index contributed by atoms with van der Waals surface area (Å²) >= 11 is 6.22. The quantitative estimate of drug-likeness (QED) is 0.139. The summed E-state index contributed by atoms with van der Waals surface area (Å²) in [5.41, 5.74) is 5.28.